The molecule has 5 aliphatic carbocycles. The van der Waals surface area contributed by atoms with Crippen LogP contribution in [0.15, 0.2) is 0 Å². The standard InChI is InChI=1S/C117H215N23O5/c1-30-34-71-128(27)100-118-99(127(25)26)119-104(121-100)132(90-81-110(9,10)137(111(11,12)82-90)142-95-63-49-43-50-64-95)75-57-38-40-59-77-134(92-85-114(17,18)139(115(19,20)86-92)144-97-67-53-45-54-68-97)106-123-102(130(29)89-79-108(5,6)136(109(7,8)80-89)141-94-61-47-42-48-62-94)124-107(126-106)135(93-87-116(21,22)140(117(23,24)88-93)145-98-69-55-46-56-70-98)78-60-41-39-58-76-133(91-83-112(13,14)138(113(15,16)84-91)143-96-65-51-44-52-66-96)105-122-101(129(28)72-35-31-2)120-103(125-105)131(73-36-32-3)74-37-33-4/h89-98H,30-88H2,1-29H3. The zero-order valence-electron chi connectivity index (χ0n) is 98.3. The third-order valence-electron chi connectivity index (χ3n) is 35.1. The van der Waals surface area contributed by atoms with Crippen LogP contribution in [-0.4, -0.2) is 274 Å². The highest BCUT2D eigenvalue weighted by Gasteiger charge is 2.57. The van der Waals surface area contributed by atoms with Crippen LogP contribution in [0, 0.1) is 0 Å². The Hall–Kier alpha value is -5.17. The van der Waals surface area contributed by atoms with E-state index in [4.69, 9.17) is 69.0 Å². The van der Waals surface area contributed by atoms with Crippen LogP contribution in [0.3, 0.4) is 0 Å². The van der Waals surface area contributed by atoms with Gasteiger partial charge in [-0.3, -0.25) is 24.2 Å². The first-order valence-electron chi connectivity index (χ1n) is 60.0. The molecule has 0 unspecified atom stereocenters. The Kier molecular flexibility index (Phi) is 41.3. The van der Waals surface area contributed by atoms with Gasteiger partial charge < -0.3 is 44.1 Å². The normalized spacial score (nSPS) is 23.7. The van der Waals surface area contributed by atoms with Crippen molar-refractivity contribution in [3.63, 3.8) is 0 Å². The van der Waals surface area contributed by atoms with Crippen LogP contribution in [-0.2, 0) is 24.2 Å². The quantitative estimate of drug-likeness (QED) is 0.0481. The Morgan fingerprint density at radius 2 is 0.407 bits per heavy atom. The molecule has 3 aromatic rings. The molecule has 8 heterocycles. The zero-order valence-corrected chi connectivity index (χ0v) is 98.3. The summed E-state index contributed by atoms with van der Waals surface area (Å²) in [6.07, 6.45) is 56.8. The Labute approximate surface area is 884 Å². The van der Waals surface area contributed by atoms with Crippen molar-refractivity contribution in [2.75, 3.05) is 132 Å². The molecule has 10 aliphatic rings. The van der Waals surface area contributed by atoms with Crippen LogP contribution in [0.25, 0.3) is 0 Å². The van der Waals surface area contributed by atoms with E-state index in [2.05, 4.69) is 271 Å². The largest absolute Gasteiger partial charge is 0.347 e. The van der Waals surface area contributed by atoms with E-state index >= 15 is 0 Å². The average molecular weight is 2020 g/mol. The summed E-state index contributed by atoms with van der Waals surface area (Å²) in [5.74, 6) is 6.97. The first kappa shape index (κ1) is 117. The fourth-order valence-electron chi connectivity index (χ4n) is 28.4. The lowest BCUT2D eigenvalue weighted by Crippen LogP contribution is -2.65. The monoisotopic (exact) mass is 2020 g/mol. The number of unbranched alkanes of at least 4 members (excludes halogenated alkanes) is 10. The molecule has 0 aromatic carbocycles. The second-order valence-electron chi connectivity index (χ2n) is 53.8. The molecule has 0 bridgehead atoms. The van der Waals surface area contributed by atoms with Gasteiger partial charge in [0, 0.05) is 173 Å². The van der Waals surface area contributed by atoms with E-state index in [0.29, 0.717) is 5.95 Å². The van der Waals surface area contributed by atoms with Crippen LogP contribution < -0.4 is 44.1 Å². The van der Waals surface area contributed by atoms with E-state index in [1.54, 1.807) is 0 Å². The summed E-state index contributed by atoms with van der Waals surface area (Å²) in [5, 5.41) is 12.2. The molecule has 0 spiro atoms. The molecule has 5 saturated heterocycles. The van der Waals surface area contributed by atoms with Gasteiger partial charge in [0.25, 0.3) is 0 Å². The maximum absolute atomic E-state index is 7.44. The van der Waals surface area contributed by atoms with E-state index in [1.807, 2.05) is 0 Å². The summed E-state index contributed by atoms with van der Waals surface area (Å²) >= 11 is 0. The van der Waals surface area contributed by atoms with Gasteiger partial charge in [0.1, 0.15) is 0 Å². The Morgan fingerprint density at radius 1 is 0.214 bits per heavy atom. The SMILES string of the molecule is CCCCN(C)c1nc(N(C)C)nc(N(CCCCCCN(c2nc(N(C)C3CC(C)(C)N(OC4CCCCC4)C(C)(C)C3)nc(N(CCCCCCN(c3nc(N(C)CCCC)nc(N(CCCC)CCCC)n3)C3CC(C)(C)N(OC4CCCCC4)C(C)(C)C3)C3CC(C)(C)N(OC4CCCCC4)C(C)(C)C3)n2)C2CC(C)(C)N(OC3CCCCC3)C(C)(C)C2)C2CC(C)(C)N(OC3CCCCC3)C(C)(C)C2)n1. The predicted octanol–water partition coefficient (Wildman–Crippen LogP) is 25.8. The molecule has 13 rings (SSSR count). The summed E-state index contributed by atoms with van der Waals surface area (Å²) in [5.41, 5.74) is -2.90. The fraction of sp³-hybridized carbons (Fsp3) is 0.923. The maximum atomic E-state index is 7.44. The molecule has 5 aliphatic heterocycles. The van der Waals surface area contributed by atoms with Crippen LogP contribution in [0.5, 0.6) is 0 Å². The zero-order chi connectivity index (χ0) is 105. The third kappa shape index (κ3) is 30.7. The average Bonchev–Trinajstić information content (AvgIpc) is 0.746. The summed E-state index contributed by atoms with van der Waals surface area (Å²) in [6.45, 7) is 64.9. The van der Waals surface area contributed by atoms with Gasteiger partial charge >= 0.3 is 0 Å². The van der Waals surface area contributed by atoms with Gasteiger partial charge in [-0.2, -0.15) is 70.2 Å². The van der Waals surface area contributed by atoms with E-state index in [1.165, 1.54) is 96.3 Å². The van der Waals surface area contributed by atoms with Crippen molar-refractivity contribution >= 4 is 53.5 Å². The van der Waals surface area contributed by atoms with Crippen molar-refractivity contribution in [3.05, 3.63) is 0 Å². The topological polar surface area (TPSA) is 208 Å². The highest BCUT2D eigenvalue weighted by molar-refractivity contribution is 5.51. The third-order valence-corrected chi connectivity index (χ3v) is 35.1. The van der Waals surface area contributed by atoms with Gasteiger partial charge in [-0.25, -0.2) is 0 Å². The number of hydroxylamine groups is 10. The molecule has 145 heavy (non-hydrogen) atoms. The molecule has 28 heteroatoms. The molecule has 3 aromatic heterocycles. The molecule has 0 radical (unpaired) electrons. The lowest BCUT2D eigenvalue weighted by molar-refractivity contribution is -0.310. The van der Waals surface area contributed by atoms with Crippen molar-refractivity contribution in [1.29, 1.82) is 0 Å². The molecule has 0 amide bonds. The van der Waals surface area contributed by atoms with Gasteiger partial charge in [0.15, 0.2) is 0 Å². The lowest BCUT2D eigenvalue weighted by atomic mass is 9.78. The van der Waals surface area contributed by atoms with Crippen LogP contribution >= 0.6 is 0 Å². The van der Waals surface area contributed by atoms with Crippen molar-refractivity contribution in [1.82, 2.24) is 70.2 Å². The number of aromatic nitrogens is 9. The minimum atomic E-state index is -0.327. The van der Waals surface area contributed by atoms with Gasteiger partial charge in [0.2, 0.25) is 53.5 Å². The minimum Gasteiger partial charge on any atom is -0.347 e. The van der Waals surface area contributed by atoms with Gasteiger partial charge in [-0.15, -0.1) is 0 Å². The van der Waals surface area contributed by atoms with Gasteiger partial charge in [0.05, 0.1) is 30.5 Å². The van der Waals surface area contributed by atoms with Gasteiger partial charge in [-0.1, -0.05) is 175 Å². The fourth-order valence-corrected chi connectivity index (χ4v) is 28.4. The summed E-state index contributed by atoms with van der Waals surface area (Å²) in [7, 11) is 10.8. The number of rotatable bonds is 50. The van der Waals surface area contributed by atoms with Crippen molar-refractivity contribution < 1.29 is 24.2 Å². The smallest absolute Gasteiger partial charge is 0.232 e. The van der Waals surface area contributed by atoms with Crippen molar-refractivity contribution in [2.24, 2.45) is 0 Å². The molecular formula is C117H215N23O5. The van der Waals surface area contributed by atoms with Crippen LogP contribution in [0.4, 0.5) is 53.5 Å². The maximum Gasteiger partial charge on any atom is 0.232 e. The Balaban J connectivity index is 0.883. The molecule has 28 nitrogen and oxygen atoms in total. The Morgan fingerprint density at radius 3 is 0.641 bits per heavy atom. The Bertz CT molecular complexity index is 4180. The number of piperidine rings is 5. The van der Waals surface area contributed by atoms with E-state index in [9.17, 15) is 0 Å². The number of hydrogen-bond donors (Lipinski definition) is 0. The van der Waals surface area contributed by atoms with E-state index in [-0.39, 0.29) is 116 Å². The van der Waals surface area contributed by atoms with Gasteiger partial charge in [-0.05, 0) is 318 Å². The number of nitrogens with zero attached hydrogens (tertiary/aromatic N) is 23. The second kappa shape index (κ2) is 51.3. The van der Waals surface area contributed by atoms with Crippen LogP contribution in [0.2, 0.25) is 0 Å². The van der Waals surface area contributed by atoms with E-state index < -0.39 is 0 Å². The first-order valence-corrected chi connectivity index (χ1v) is 60.0. The molecule has 10 fully saturated rings. The van der Waals surface area contributed by atoms with Crippen molar-refractivity contribution in [3.8, 4) is 0 Å². The number of anilines is 9. The lowest BCUT2D eigenvalue weighted by Gasteiger charge is -2.57. The minimum absolute atomic E-state index is 0.0703. The second-order valence-corrected chi connectivity index (χ2v) is 53.8. The molecule has 0 atom stereocenters. The summed E-state index contributed by atoms with van der Waals surface area (Å²) in [6, 6.07) is 0.547. The summed E-state index contributed by atoms with van der Waals surface area (Å²) in [4.78, 5) is 110. The molecule has 828 valence electrons. The van der Waals surface area contributed by atoms with Crippen LogP contribution in [0.1, 0.15) is 494 Å². The van der Waals surface area contributed by atoms with Crippen molar-refractivity contribution in [2.45, 2.75) is 610 Å². The first-order chi connectivity index (χ1) is 68.7. The summed E-state index contributed by atoms with van der Waals surface area (Å²) < 4.78 is 0. The van der Waals surface area contributed by atoms with E-state index in [0.717, 1.165) is 331 Å². The number of hydrogen-bond acceptors (Lipinski definition) is 28. The highest BCUT2D eigenvalue weighted by Crippen LogP contribution is 2.51. The molecule has 5 saturated carbocycles. The predicted molar refractivity (Wildman–Crippen MR) is 602 cm³/mol. The highest BCUT2D eigenvalue weighted by atomic mass is 16.7. The molecule has 0 N–H and O–H groups in total. The molecular weight excluding hydrogens is 1810 g/mol.